The maximum absolute atomic E-state index is 12.8. The van der Waals surface area contributed by atoms with Crippen LogP contribution in [0.25, 0.3) is 0 Å². The molecule has 29 heavy (non-hydrogen) atoms. The molecule has 2 unspecified atom stereocenters. The Kier molecular flexibility index (Phi) is 6.39. The second kappa shape index (κ2) is 9.14. The van der Waals surface area contributed by atoms with E-state index in [-0.39, 0.29) is 31.0 Å². The van der Waals surface area contributed by atoms with Crippen LogP contribution in [0, 0.1) is 5.92 Å². The molecule has 0 fully saturated rings. The number of hydrogen-bond acceptors (Lipinski definition) is 4. The first-order chi connectivity index (χ1) is 14.0. The number of benzene rings is 2. The van der Waals surface area contributed by atoms with Crippen LogP contribution < -0.4 is 5.32 Å². The van der Waals surface area contributed by atoms with Crippen molar-refractivity contribution >= 4 is 23.5 Å². The van der Waals surface area contributed by atoms with Crippen molar-refractivity contribution in [3.8, 4) is 0 Å². The van der Waals surface area contributed by atoms with Crippen molar-refractivity contribution in [3.63, 3.8) is 0 Å². The van der Waals surface area contributed by atoms with E-state index in [0.717, 1.165) is 5.56 Å². The second-order valence-corrected chi connectivity index (χ2v) is 6.97. The van der Waals surface area contributed by atoms with Crippen molar-refractivity contribution in [1.82, 2.24) is 10.3 Å². The summed E-state index contributed by atoms with van der Waals surface area (Å²) in [5.41, 5.74) is 1.83. The quantitative estimate of drug-likeness (QED) is 0.756. The van der Waals surface area contributed by atoms with Crippen LogP contribution in [0.1, 0.15) is 36.9 Å². The molecule has 2 aromatic rings. The number of hydrogen-bond donors (Lipinski definition) is 2. The van der Waals surface area contributed by atoms with Gasteiger partial charge in [-0.05, 0) is 18.1 Å². The van der Waals surface area contributed by atoms with Gasteiger partial charge in [0.25, 0.3) is 5.91 Å². The molecule has 2 atom stereocenters. The normalized spacial score (nSPS) is 16.0. The number of hydrazone groups is 1. The fraction of sp³-hybridized carbons (Fsp3) is 0.273. The van der Waals surface area contributed by atoms with E-state index in [2.05, 4.69) is 10.4 Å². The molecule has 0 saturated carbocycles. The number of amides is 2. The molecule has 0 aromatic heterocycles. The minimum atomic E-state index is -1.01. The highest BCUT2D eigenvalue weighted by Crippen LogP contribution is 2.23. The fourth-order valence-electron chi connectivity index (χ4n) is 3.17. The molecule has 0 saturated heterocycles. The molecule has 0 radical (unpaired) electrons. The summed E-state index contributed by atoms with van der Waals surface area (Å²) in [5, 5.41) is 17.8. The Bertz CT molecular complexity index is 912. The minimum absolute atomic E-state index is 0.149. The molecule has 7 heteroatoms. The summed E-state index contributed by atoms with van der Waals surface area (Å²) in [7, 11) is 0. The van der Waals surface area contributed by atoms with Crippen molar-refractivity contribution in [2.24, 2.45) is 11.0 Å². The zero-order valence-electron chi connectivity index (χ0n) is 16.1. The molecule has 1 heterocycles. The minimum Gasteiger partial charge on any atom is -0.481 e. The third kappa shape index (κ3) is 5.07. The van der Waals surface area contributed by atoms with E-state index < -0.39 is 23.8 Å². The van der Waals surface area contributed by atoms with Gasteiger partial charge < -0.3 is 10.4 Å². The summed E-state index contributed by atoms with van der Waals surface area (Å²) < 4.78 is 0. The van der Waals surface area contributed by atoms with E-state index >= 15 is 0 Å². The van der Waals surface area contributed by atoms with Gasteiger partial charge in [-0.2, -0.15) is 5.10 Å². The van der Waals surface area contributed by atoms with Gasteiger partial charge in [0.05, 0.1) is 18.5 Å². The Hall–Kier alpha value is -3.48. The number of nitrogens with zero attached hydrogens (tertiary/aromatic N) is 2. The fourth-order valence-corrected chi connectivity index (χ4v) is 3.17. The highest BCUT2D eigenvalue weighted by molar-refractivity contribution is 6.39. The zero-order valence-corrected chi connectivity index (χ0v) is 16.1. The first-order valence-corrected chi connectivity index (χ1v) is 9.46. The molecule has 0 aliphatic carbocycles. The number of carboxylic acids is 1. The Balaban J connectivity index is 1.79. The van der Waals surface area contributed by atoms with Gasteiger partial charge in [-0.15, -0.1) is 0 Å². The van der Waals surface area contributed by atoms with Crippen molar-refractivity contribution in [2.45, 2.75) is 32.4 Å². The van der Waals surface area contributed by atoms with Gasteiger partial charge in [0.2, 0.25) is 5.91 Å². The van der Waals surface area contributed by atoms with Crippen molar-refractivity contribution in [1.29, 1.82) is 0 Å². The predicted octanol–water partition coefficient (Wildman–Crippen LogP) is 2.74. The molecule has 2 aromatic carbocycles. The maximum Gasteiger partial charge on any atom is 0.308 e. The van der Waals surface area contributed by atoms with E-state index in [4.69, 9.17) is 0 Å². The molecule has 3 rings (SSSR count). The lowest BCUT2D eigenvalue weighted by atomic mass is 9.94. The van der Waals surface area contributed by atoms with Crippen LogP contribution in [0.4, 0.5) is 0 Å². The summed E-state index contributed by atoms with van der Waals surface area (Å²) in [6.45, 7) is 1.83. The van der Waals surface area contributed by atoms with E-state index in [0.29, 0.717) is 5.56 Å². The molecule has 2 amide bonds. The van der Waals surface area contributed by atoms with Gasteiger partial charge in [-0.3, -0.25) is 14.4 Å². The number of aliphatic carboxylic acids is 1. The molecule has 0 spiro atoms. The van der Waals surface area contributed by atoms with Crippen LogP contribution in [-0.2, 0) is 20.9 Å². The van der Waals surface area contributed by atoms with Crippen molar-refractivity contribution < 1.29 is 19.5 Å². The van der Waals surface area contributed by atoms with Gasteiger partial charge in [-0.1, -0.05) is 60.7 Å². The lowest BCUT2D eigenvalue weighted by Crippen LogP contribution is -2.42. The molecule has 2 N–H and O–H groups in total. The van der Waals surface area contributed by atoms with Gasteiger partial charge in [0.1, 0.15) is 5.71 Å². The smallest absolute Gasteiger partial charge is 0.308 e. The van der Waals surface area contributed by atoms with Crippen LogP contribution in [0.5, 0.6) is 0 Å². The molecule has 7 nitrogen and oxygen atoms in total. The third-order valence-corrected chi connectivity index (χ3v) is 4.88. The lowest BCUT2D eigenvalue weighted by molar-refractivity contribution is -0.142. The third-order valence-electron chi connectivity index (χ3n) is 4.88. The van der Waals surface area contributed by atoms with Gasteiger partial charge in [0.15, 0.2) is 0 Å². The lowest BCUT2D eigenvalue weighted by Gasteiger charge is -2.26. The maximum atomic E-state index is 12.8. The Labute approximate surface area is 169 Å². The summed E-state index contributed by atoms with van der Waals surface area (Å²) in [4.78, 5) is 36.6. The van der Waals surface area contributed by atoms with Crippen LogP contribution in [0.3, 0.4) is 0 Å². The Morgan fingerprint density at radius 2 is 1.69 bits per heavy atom. The molecule has 1 aliphatic heterocycles. The molecular formula is C22H23N3O4. The Morgan fingerprint density at radius 1 is 1.07 bits per heavy atom. The molecule has 0 bridgehead atoms. The highest BCUT2D eigenvalue weighted by atomic mass is 16.4. The summed E-state index contributed by atoms with van der Waals surface area (Å²) in [5.74, 6) is -2.44. The van der Waals surface area contributed by atoms with E-state index in [1.807, 2.05) is 36.4 Å². The van der Waals surface area contributed by atoms with Gasteiger partial charge in [-0.25, -0.2) is 5.01 Å². The zero-order chi connectivity index (χ0) is 20.8. The SMILES string of the molecule is CC(C(=O)O)C(NC(=O)C1=NN(Cc2ccccc2)C(=O)CC1)c1ccccc1. The summed E-state index contributed by atoms with van der Waals surface area (Å²) in [6.07, 6.45) is 0.405. The van der Waals surface area contributed by atoms with E-state index in [1.54, 1.807) is 31.2 Å². The van der Waals surface area contributed by atoms with Crippen molar-refractivity contribution in [3.05, 3.63) is 71.8 Å². The molecule has 150 valence electrons. The monoisotopic (exact) mass is 393 g/mol. The van der Waals surface area contributed by atoms with Crippen LogP contribution in [0.2, 0.25) is 0 Å². The first-order valence-electron chi connectivity index (χ1n) is 9.46. The number of nitrogens with one attached hydrogen (secondary N) is 1. The van der Waals surface area contributed by atoms with Crippen LogP contribution >= 0.6 is 0 Å². The largest absolute Gasteiger partial charge is 0.481 e. The predicted molar refractivity (Wildman–Crippen MR) is 108 cm³/mol. The van der Waals surface area contributed by atoms with Crippen molar-refractivity contribution in [2.75, 3.05) is 0 Å². The van der Waals surface area contributed by atoms with Crippen LogP contribution in [0.15, 0.2) is 65.8 Å². The topological polar surface area (TPSA) is 99.1 Å². The van der Waals surface area contributed by atoms with E-state index in [1.165, 1.54) is 5.01 Å². The molecule has 1 aliphatic rings. The number of rotatable bonds is 7. The standard InChI is InChI=1S/C22H23N3O4/c1-15(22(28)29)20(17-10-6-3-7-11-17)23-21(27)18-12-13-19(26)25(24-18)14-16-8-4-2-5-9-16/h2-11,15,20H,12-14H2,1H3,(H,23,27)(H,28,29). The number of carbonyl (C=O) groups excluding carboxylic acids is 2. The average Bonchev–Trinajstić information content (AvgIpc) is 2.74. The van der Waals surface area contributed by atoms with Gasteiger partial charge in [0, 0.05) is 12.8 Å². The average molecular weight is 393 g/mol. The number of carbonyl (C=O) groups is 3. The van der Waals surface area contributed by atoms with E-state index in [9.17, 15) is 19.5 Å². The van der Waals surface area contributed by atoms with Gasteiger partial charge >= 0.3 is 5.97 Å². The first kappa shape index (κ1) is 20.3. The molecular weight excluding hydrogens is 370 g/mol. The highest BCUT2D eigenvalue weighted by Gasteiger charge is 2.30. The van der Waals surface area contributed by atoms with Crippen LogP contribution in [-0.4, -0.2) is 33.6 Å². The summed E-state index contributed by atoms with van der Waals surface area (Å²) >= 11 is 0. The second-order valence-electron chi connectivity index (χ2n) is 6.97. The number of carboxylic acid groups (broad SMARTS) is 1. The summed E-state index contributed by atoms with van der Waals surface area (Å²) in [6, 6.07) is 17.7. The Morgan fingerprint density at radius 3 is 2.31 bits per heavy atom.